The van der Waals surface area contributed by atoms with Crippen LogP contribution in [0.15, 0.2) is 12.1 Å². The zero-order chi connectivity index (χ0) is 24.4. The van der Waals surface area contributed by atoms with Crippen LogP contribution in [0.5, 0.6) is 5.75 Å². The van der Waals surface area contributed by atoms with E-state index in [9.17, 15) is 5.11 Å². The molecular weight excluding hydrogens is 432 g/mol. The van der Waals surface area contributed by atoms with Crippen LogP contribution in [-0.2, 0) is 32.6 Å². The lowest BCUT2D eigenvalue weighted by Gasteiger charge is -2.34. The number of phenolic OH excluding ortho intramolecular Hbond substituents is 1. The highest BCUT2D eigenvalue weighted by Crippen LogP contribution is 2.36. The number of hydrogen-bond acceptors (Lipinski definition) is 7. The van der Waals surface area contributed by atoms with Crippen molar-refractivity contribution >= 4 is 0 Å². The molecular formula is C27H46N2O5. The molecule has 1 aromatic carbocycles. The number of hydrogen-bond donors (Lipinski definition) is 1. The van der Waals surface area contributed by atoms with Gasteiger partial charge in [-0.25, -0.2) is 9.78 Å². The first-order valence-electron chi connectivity index (χ1n) is 13.4. The van der Waals surface area contributed by atoms with Gasteiger partial charge >= 0.3 is 0 Å². The highest BCUT2D eigenvalue weighted by Gasteiger charge is 2.38. The van der Waals surface area contributed by atoms with Crippen LogP contribution in [0.4, 0.5) is 0 Å². The standard InChI is InChI=1S/C27H46N2O5/c1-5-28(6-2)20-24-18-23(19-25(26(24)30)21-29(7-3)8-4)22-12-16-31-33-27(34-32-17-13-22)14-10-9-11-15-27/h18-19,22,30H,5-17,20-21H2,1-4H3. The van der Waals surface area contributed by atoms with Crippen LogP contribution in [0, 0.1) is 0 Å². The smallest absolute Gasteiger partial charge is 0.233 e. The van der Waals surface area contributed by atoms with Gasteiger partial charge in [-0.2, -0.15) is 9.78 Å². The summed E-state index contributed by atoms with van der Waals surface area (Å²) in [6.07, 6.45) is 6.60. The number of benzene rings is 1. The van der Waals surface area contributed by atoms with Gasteiger partial charge in [0.15, 0.2) is 0 Å². The predicted molar refractivity (Wildman–Crippen MR) is 133 cm³/mol. The lowest BCUT2D eigenvalue weighted by Crippen LogP contribution is -2.39. The Labute approximate surface area is 206 Å². The molecule has 1 N–H and O–H groups in total. The minimum atomic E-state index is -0.752. The summed E-state index contributed by atoms with van der Waals surface area (Å²) < 4.78 is 0. The van der Waals surface area contributed by atoms with Crippen molar-refractivity contribution in [3.05, 3.63) is 28.8 Å². The highest BCUT2D eigenvalue weighted by molar-refractivity contribution is 5.45. The summed E-state index contributed by atoms with van der Waals surface area (Å²) in [6, 6.07) is 4.36. The highest BCUT2D eigenvalue weighted by atomic mass is 17.3. The Morgan fingerprint density at radius 2 is 1.26 bits per heavy atom. The van der Waals surface area contributed by atoms with Crippen LogP contribution in [0.25, 0.3) is 0 Å². The van der Waals surface area contributed by atoms with Crippen molar-refractivity contribution in [1.82, 2.24) is 9.80 Å². The Kier molecular flexibility index (Phi) is 11.1. The van der Waals surface area contributed by atoms with E-state index in [2.05, 4.69) is 49.6 Å². The monoisotopic (exact) mass is 478 g/mol. The maximum Gasteiger partial charge on any atom is 0.233 e. The molecule has 1 aliphatic heterocycles. The number of nitrogens with zero attached hydrogens (tertiary/aromatic N) is 2. The first kappa shape index (κ1) is 27.4. The summed E-state index contributed by atoms with van der Waals surface area (Å²) in [5, 5.41) is 11.2. The van der Waals surface area contributed by atoms with Crippen LogP contribution in [-0.4, -0.2) is 60.1 Å². The molecule has 1 spiro atoms. The van der Waals surface area contributed by atoms with Crippen molar-refractivity contribution in [2.75, 3.05) is 39.4 Å². The second kappa shape index (κ2) is 13.8. The molecule has 0 bridgehead atoms. The van der Waals surface area contributed by atoms with E-state index in [0.717, 1.165) is 88.9 Å². The van der Waals surface area contributed by atoms with Gasteiger partial charge in [0.2, 0.25) is 5.79 Å². The van der Waals surface area contributed by atoms with E-state index in [0.29, 0.717) is 19.0 Å². The van der Waals surface area contributed by atoms with E-state index < -0.39 is 5.79 Å². The number of rotatable bonds is 9. The van der Waals surface area contributed by atoms with E-state index in [4.69, 9.17) is 19.6 Å². The van der Waals surface area contributed by atoms with Crippen molar-refractivity contribution in [2.45, 2.75) is 97.4 Å². The molecule has 1 aromatic rings. The molecule has 1 aliphatic carbocycles. The second-order valence-corrected chi connectivity index (χ2v) is 9.67. The summed E-state index contributed by atoms with van der Waals surface area (Å²) in [5.74, 6) is -0.0859. The molecule has 2 fully saturated rings. The summed E-state index contributed by atoms with van der Waals surface area (Å²) in [5.41, 5.74) is 3.22. The first-order valence-corrected chi connectivity index (χ1v) is 13.4. The molecule has 0 amide bonds. The van der Waals surface area contributed by atoms with Gasteiger partial charge in [0.05, 0.1) is 13.2 Å². The molecule has 0 atom stereocenters. The van der Waals surface area contributed by atoms with Crippen molar-refractivity contribution in [2.24, 2.45) is 0 Å². The van der Waals surface area contributed by atoms with Crippen LogP contribution in [0.1, 0.15) is 95.2 Å². The molecule has 2 aliphatic rings. The molecule has 7 nitrogen and oxygen atoms in total. The molecule has 1 saturated heterocycles. The van der Waals surface area contributed by atoms with Gasteiger partial charge in [-0.3, -0.25) is 9.80 Å². The Morgan fingerprint density at radius 3 is 1.71 bits per heavy atom. The lowest BCUT2D eigenvalue weighted by molar-refractivity contribution is -0.518. The Morgan fingerprint density at radius 1 is 0.794 bits per heavy atom. The average molecular weight is 479 g/mol. The van der Waals surface area contributed by atoms with Crippen LogP contribution in [0.3, 0.4) is 0 Å². The first-order chi connectivity index (χ1) is 16.5. The van der Waals surface area contributed by atoms with E-state index in [1.54, 1.807) is 0 Å². The molecule has 0 radical (unpaired) electrons. The molecule has 3 rings (SSSR count). The number of aromatic hydroxyl groups is 1. The van der Waals surface area contributed by atoms with Crippen molar-refractivity contribution in [3.63, 3.8) is 0 Å². The molecule has 0 aromatic heterocycles. The quantitative estimate of drug-likeness (QED) is 0.470. The minimum absolute atomic E-state index is 0.235. The molecule has 194 valence electrons. The average Bonchev–Trinajstić information content (AvgIpc) is 2.87. The third-order valence-electron chi connectivity index (χ3n) is 7.47. The van der Waals surface area contributed by atoms with Gasteiger partial charge in [0.25, 0.3) is 0 Å². The normalized spacial score (nSPS) is 20.3. The van der Waals surface area contributed by atoms with E-state index in [1.807, 2.05) is 0 Å². The molecule has 34 heavy (non-hydrogen) atoms. The third kappa shape index (κ3) is 7.39. The zero-order valence-electron chi connectivity index (χ0n) is 21.8. The van der Waals surface area contributed by atoms with E-state index >= 15 is 0 Å². The van der Waals surface area contributed by atoms with Gasteiger partial charge in [-0.1, -0.05) is 46.2 Å². The van der Waals surface area contributed by atoms with Gasteiger partial charge < -0.3 is 5.11 Å². The second-order valence-electron chi connectivity index (χ2n) is 9.67. The summed E-state index contributed by atoms with van der Waals surface area (Å²) in [4.78, 5) is 27.5. The van der Waals surface area contributed by atoms with E-state index in [-0.39, 0.29) is 5.92 Å². The van der Waals surface area contributed by atoms with Crippen LogP contribution < -0.4 is 0 Å². The van der Waals surface area contributed by atoms with Gasteiger partial charge in [-0.15, -0.1) is 0 Å². The molecule has 1 saturated carbocycles. The summed E-state index contributed by atoms with van der Waals surface area (Å²) in [6.45, 7) is 15.0. The fourth-order valence-electron chi connectivity index (χ4n) is 5.07. The fraction of sp³-hybridized carbons (Fsp3) is 0.778. The van der Waals surface area contributed by atoms with Crippen molar-refractivity contribution in [3.8, 4) is 5.75 Å². The third-order valence-corrected chi connectivity index (χ3v) is 7.47. The topological polar surface area (TPSA) is 63.6 Å². The summed E-state index contributed by atoms with van der Waals surface area (Å²) in [7, 11) is 0. The van der Waals surface area contributed by atoms with Gasteiger partial charge in [-0.05, 0) is 63.3 Å². The van der Waals surface area contributed by atoms with Gasteiger partial charge in [0, 0.05) is 37.1 Å². The predicted octanol–water partition coefficient (Wildman–Crippen LogP) is 5.51. The lowest BCUT2D eigenvalue weighted by atomic mass is 9.89. The van der Waals surface area contributed by atoms with Gasteiger partial charge in [0.1, 0.15) is 5.75 Å². The maximum absolute atomic E-state index is 11.2. The summed E-state index contributed by atoms with van der Waals surface area (Å²) >= 11 is 0. The Bertz CT molecular complexity index is 681. The van der Waals surface area contributed by atoms with E-state index in [1.165, 1.54) is 12.0 Å². The van der Waals surface area contributed by atoms with Crippen LogP contribution in [0.2, 0.25) is 0 Å². The van der Waals surface area contributed by atoms with Crippen molar-refractivity contribution in [1.29, 1.82) is 0 Å². The zero-order valence-corrected chi connectivity index (χ0v) is 21.8. The molecule has 7 heteroatoms. The fourth-order valence-corrected chi connectivity index (χ4v) is 5.07. The Hall–Kier alpha value is -1.22. The SMILES string of the molecule is CCN(CC)Cc1cc(C2CCOOC3(CCCCC3)OOCC2)cc(CN(CC)CC)c1O. The molecule has 1 heterocycles. The van der Waals surface area contributed by atoms with Crippen LogP contribution >= 0.6 is 0 Å². The minimum Gasteiger partial charge on any atom is -0.507 e. The van der Waals surface area contributed by atoms with Crippen molar-refractivity contribution < 1.29 is 24.7 Å². The largest absolute Gasteiger partial charge is 0.507 e. The maximum atomic E-state index is 11.2. The number of phenols is 1. The Balaban J connectivity index is 1.80. The molecule has 0 unspecified atom stereocenters.